The summed E-state index contributed by atoms with van der Waals surface area (Å²) in [4.78, 5) is 15.1. The summed E-state index contributed by atoms with van der Waals surface area (Å²) in [6.07, 6.45) is 2.34. The van der Waals surface area contributed by atoms with Gasteiger partial charge in [0.1, 0.15) is 0 Å². The summed E-state index contributed by atoms with van der Waals surface area (Å²) in [5, 5.41) is 3.21. The molecule has 0 spiro atoms. The smallest absolute Gasteiger partial charge is 0.221 e. The Hall–Kier alpha value is -2.17. The first-order valence-corrected chi connectivity index (χ1v) is 9.72. The topological polar surface area (TPSA) is 41.6 Å². The first-order valence-electron chi connectivity index (χ1n) is 9.72. The van der Waals surface area contributed by atoms with Crippen molar-refractivity contribution in [1.29, 1.82) is 0 Å². The van der Waals surface area contributed by atoms with Crippen molar-refractivity contribution in [1.82, 2.24) is 10.2 Å². The maximum Gasteiger partial charge on any atom is 0.221 e. The van der Waals surface area contributed by atoms with Crippen LogP contribution < -0.4 is 5.32 Å². The van der Waals surface area contributed by atoms with Crippen LogP contribution in [0.25, 0.3) is 0 Å². The molecule has 1 saturated heterocycles. The number of hydrogen-bond acceptors (Lipinski definition) is 3. The van der Waals surface area contributed by atoms with Crippen LogP contribution in [-0.4, -0.2) is 50.2 Å². The number of nitrogens with one attached hydrogen (secondary N) is 1. The average Bonchev–Trinajstić information content (AvgIpc) is 2.72. The van der Waals surface area contributed by atoms with E-state index in [4.69, 9.17) is 4.74 Å². The van der Waals surface area contributed by atoms with Crippen molar-refractivity contribution in [2.45, 2.75) is 30.7 Å². The van der Waals surface area contributed by atoms with Gasteiger partial charge in [0.25, 0.3) is 0 Å². The van der Waals surface area contributed by atoms with Gasteiger partial charge >= 0.3 is 0 Å². The zero-order valence-corrected chi connectivity index (χ0v) is 16.4. The molecule has 1 amide bonds. The van der Waals surface area contributed by atoms with Crippen molar-refractivity contribution in [3.63, 3.8) is 0 Å². The molecule has 4 nitrogen and oxygen atoms in total. The van der Waals surface area contributed by atoms with Crippen molar-refractivity contribution >= 4 is 5.91 Å². The standard InChI is InChI=1S/C23H30N2O2/c1-25(2)23(13-15-27-16-14-23)18-24-22(26)17-21(19-9-5-3-6-10-19)20-11-7-4-8-12-20/h3-12,21H,13-18H2,1-2H3,(H,24,26). The second-order valence-corrected chi connectivity index (χ2v) is 7.59. The summed E-state index contributed by atoms with van der Waals surface area (Å²) in [5.74, 6) is 0.165. The molecule has 1 N–H and O–H groups in total. The normalized spacial score (nSPS) is 16.4. The number of nitrogens with zero attached hydrogens (tertiary/aromatic N) is 1. The maximum atomic E-state index is 12.8. The lowest BCUT2D eigenvalue weighted by Crippen LogP contribution is -2.55. The Kier molecular flexibility index (Phi) is 6.64. The van der Waals surface area contributed by atoms with Crippen LogP contribution in [0.5, 0.6) is 0 Å². The second kappa shape index (κ2) is 9.16. The Morgan fingerprint density at radius 1 is 1.00 bits per heavy atom. The summed E-state index contributed by atoms with van der Waals surface area (Å²) in [5.41, 5.74) is 2.34. The minimum absolute atomic E-state index is 0.0110. The monoisotopic (exact) mass is 366 g/mol. The molecule has 1 aliphatic heterocycles. The van der Waals surface area contributed by atoms with Crippen LogP contribution in [0.2, 0.25) is 0 Å². The van der Waals surface area contributed by atoms with E-state index in [-0.39, 0.29) is 17.4 Å². The predicted molar refractivity (Wildman–Crippen MR) is 109 cm³/mol. The van der Waals surface area contributed by atoms with E-state index in [2.05, 4.69) is 48.6 Å². The first kappa shape index (κ1) is 19.6. The number of rotatable bonds is 7. The maximum absolute atomic E-state index is 12.8. The Balaban J connectivity index is 1.69. The molecule has 0 unspecified atom stereocenters. The molecule has 0 bridgehead atoms. The highest BCUT2D eigenvalue weighted by Gasteiger charge is 2.35. The van der Waals surface area contributed by atoms with Crippen LogP contribution >= 0.6 is 0 Å². The van der Waals surface area contributed by atoms with Crippen molar-refractivity contribution < 1.29 is 9.53 Å². The second-order valence-electron chi connectivity index (χ2n) is 7.59. The van der Waals surface area contributed by atoms with Gasteiger partial charge in [-0.25, -0.2) is 0 Å². The molecule has 2 aromatic carbocycles. The van der Waals surface area contributed by atoms with Gasteiger partial charge in [-0.3, -0.25) is 4.79 Å². The van der Waals surface area contributed by atoms with E-state index in [9.17, 15) is 4.79 Å². The highest BCUT2D eigenvalue weighted by molar-refractivity contribution is 5.77. The Bertz CT molecular complexity index is 670. The van der Waals surface area contributed by atoms with E-state index in [0.717, 1.165) is 26.1 Å². The quantitative estimate of drug-likeness (QED) is 0.816. The van der Waals surface area contributed by atoms with E-state index in [0.29, 0.717) is 13.0 Å². The third-order valence-electron chi connectivity index (χ3n) is 5.78. The van der Waals surface area contributed by atoms with Gasteiger partial charge in [0, 0.05) is 37.6 Å². The lowest BCUT2D eigenvalue weighted by atomic mass is 9.87. The lowest BCUT2D eigenvalue weighted by molar-refractivity contribution is -0.122. The number of carbonyl (C=O) groups is 1. The molecule has 27 heavy (non-hydrogen) atoms. The Morgan fingerprint density at radius 2 is 1.52 bits per heavy atom. The molecule has 0 radical (unpaired) electrons. The van der Waals surface area contributed by atoms with Gasteiger partial charge in [-0.1, -0.05) is 60.7 Å². The van der Waals surface area contributed by atoms with E-state index >= 15 is 0 Å². The average molecular weight is 367 g/mol. The lowest BCUT2D eigenvalue weighted by Gasteiger charge is -2.43. The van der Waals surface area contributed by atoms with Crippen molar-refractivity contribution in [3.05, 3.63) is 71.8 Å². The number of amides is 1. The van der Waals surface area contributed by atoms with Crippen LogP contribution in [0.15, 0.2) is 60.7 Å². The number of benzene rings is 2. The summed E-state index contributed by atoms with van der Waals surface area (Å²) in [7, 11) is 4.18. The molecular formula is C23H30N2O2. The fraction of sp³-hybridized carbons (Fsp3) is 0.435. The predicted octanol–water partition coefficient (Wildman–Crippen LogP) is 3.44. The summed E-state index contributed by atoms with van der Waals surface area (Å²) in [6.45, 7) is 2.17. The minimum atomic E-state index is -0.0110. The Morgan fingerprint density at radius 3 is 2.00 bits per heavy atom. The number of hydrogen-bond donors (Lipinski definition) is 1. The minimum Gasteiger partial charge on any atom is -0.381 e. The van der Waals surface area contributed by atoms with Crippen LogP contribution in [0, 0.1) is 0 Å². The highest BCUT2D eigenvalue weighted by atomic mass is 16.5. The molecule has 3 rings (SSSR count). The van der Waals surface area contributed by atoms with Gasteiger partial charge in [-0.15, -0.1) is 0 Å². The molecule has 144 valence electrons. The van der Waals surface area contributed by atoms with Crippen LogP contribution in [0.1, 0.15) is 36.3 Å². The summed E-state index contributed by atoms with van der Waals surface area (Å²) < 4.78 is 5.52. The zero-order valence-electron chi connectivity index (χ0n) is 16.4. The molecule has 4 heteroatoms. The van der Waals surface area contributed by atoms with Crippen molar-refractivity contribution in [2.24, 2.45) is 0 Å². The van der Waals surface area contributed by atoms with Crippen LogP contribution in [-0.2, 0) is 9.53 Å². The van der Waals surface area contributed by atoms with Crippen molar-refractivity contribution in [3.8, 4) is 0 Å². The van der Waals surface area contributed by atoms with Crippen molar-refractivity contribution in [2.75, 3.05) is 33.9 Å². The fourth-order valence-corrected chi connectivity index (χ4v) is 3.85. The molecule has 1 heterocycles. The number of ether oxygens (including phenoxy) is 1. The largest absolute Gasteiger partial charge is 0.381 e. The van der Waals surface area contributed by atoms with Crippen LogP contribution in [0.3, 0.4) is 0 Å². The van der Waals surface area contributed by atoms with E-state index < -0.39 is 0 Å². The number of likely N-dealkylation sites (N-methyl/N-ethyl adjacent to an activating group) is 1. The molecule has 0 aromatic heterocycles. The molecule has 1 aliphatic rings. The van der Waals surface area contributed by atoms with Gasteiger partial charge in [-0.05, 0) is 38.1 Å². The first-order chi connectivity index (χ1) is 13.1. The summed E-state index contributed by atoms with van der Waals surface area (Å²) in [6, 6.07) is 20.6. The third-order valence-corrected chi connectivity index (χ3v) is 5.78. The number of carbonyl (C=O) groups excluding carboxylic acids is 1. The van der Waals surface area contributed by atoms with Gasteiger partial charge in [0.05, 0.1) is 0 Å². The van der Waals surface area contributed by atoms with Gasteiger partial charge in [0.15, 0.2) is 0 Å². The molecule has 0 atom stereocenters. The summed E-state index contributed by atoms with van der Waals surface area (Å²) >= 11 is 0. The zero-order chi connectivity index (χ0) is 19.1. The van der Waals surface area contributed by atoms with Gasteiger partial charge in [-0.2, -0.15) is 0 Å². The van der Waals surface area contributed by atoms with Crippen LogP contribution in [0.4, 0.5) is 0 Å². The van der Waals surface area contributed by atoms with E-state index in [1.54, 1.807) is 0 Å². The van der Waals surface area contributed by atoms with E-state index in [1.807, 2.05) is 36.4 Å². The SMILES string of the molecule is CN(C)C1(CNC(=O)CC(c2ccccc2)c2ccccc2)CCOCC1. The molecule has 1 fully saturated rings. The Labute approximate surface area is 162 Å². The van der Waals surface area contributed by atoms with E-state index in [1.165, 1.54) is 11.1 Å². The van der Waals surface area contributed by atoms with Gasteiger partial charge < -0.3 is 15.0 Å². The molecule has 2 aromatic rings. The molecule has 0 aliphatic carbocycles. The fourth-order valence-electron chi connectivity index (χ4n) is 3.85. The molecular weight excluding hydrogens is 336 g/mol. The van der Waals surface area contributed by atoms with Gasteiger partial charge in [0.2, 0.25) is 5.91 Å². The molecule has 0 saturated carbocycles. The third kappa shape index (κ3) is 4.96. The highest BCUT2D eigenvalue weighted by Crippen LogP contribution is 2.29.